The zero-order valence-electron chi connectivity index (χ0n) is 9.54. The Balaban J connectivity index is 1.71. The van der Waals surface area contributed by atoms with Crippen molar-refractivity contribution in [3.63, 3.8) is 0 Å². The van der Waals surface area contributed by atoms with Gasteiger partial charge in [0.05, 0.1) is 0 Å². The van der Waals surface area contributed by atoms with Gasteiger partial charge < -0.3 is 10.2 Å². The molecule has 0 saturated carbocycles. The summed E-state index contributed by atoms with van der Waals surface area (Å²) >= 11 is 1.87. The molecule has 0 amide bonds. The van der Waals surface area contributed by atoms with Crippen LogP contribution in [0.3, 0.4) is 0 Å². The van der Waals surface area contributed by atoms with Crippen LogP contribution in [0, 0.1) is 0 Å². The molecule has 1 fully saturated rings. The first-order valence-electron chi connectivity index (χ1n) is 6.01. The average molecular weight is 227 g/mol. The summed E-state index contributed by atoms with van der Waals surface area (Å²) in [5.41, 5.74) is 0. The number of rotatable bonds is 3. The number of likely N-dealkylation sites (tertiary alicyclic amines) is 1. The topological polar surface area (TPSA) is 27.6 Å². The van der Waals surface area contributed by atoms with Crippen molar-refractivity contribution in [3.05, 3.63) is 0 Å². The minimum atomic E-state index is 0.535. The zero-order chi connectivity index (χ0) is 10.5. The summed E-state index contributed by atoms with van der Waals surface area (Å²) in [4.78, 5) is 7.04. The van der Waals surface area contributed by atoms with Crippen LogP contribution >= 0.6 is 11.8 Å². The first kappa shape index (κ1) is 11.3. The van der Waals surface area contributed by atoms with E-state index in [2.05, 4.69) is 22.1 Å². The first-order valence-corrected chi connectivity index (χ1v) is 6.99. The summed E-state index contributed by atoms with van der Waals surface area (Å²) in [6.45, 7) is 7.00. The van der Waals surface area contributed by atoms with E-state index in [-0.39, 0.29) is 0 Å². The molecule has 2 heterocycles. The molecule has 1 N–H and O–H groups in total. The van der Waals surface area contributed by atoms with Crippen LogP contribution in [0.1, 0.15) is 26.2 Å². The van der Waals surface area contributed by atoms with Crippen molar-refractivity contribution >= 4 is 16.9 Å². The molecule has 86 valence electrons. The molecule has 15 heavy (non-hydrogen) atoms. The minimum absolute atomic E-state index is 0.535. The molecular formula is C11H21N3S. The SMILES string of the molecule is CC(CN1CCCC1)NC1=NCCCS1. The maximum Gasteiger partial charge on any atom is 0.156 e. The summed E-state index contributed by atoms with van der Waals surface area (Å²) in [5.74, 6) is 1.22. The fourth-order valence-electron chi connectivity index (χ4n) is 2.16. The molecule has 1 unspecified atom stereocenters. The normalized spacial score (nSPS) is 25.0. The second-order valence-electron chi connectivity index (χ2n) is 4.44. The number of aliphatic imine (C=N–C) groups is 1. The zero-order valence-corrected chi connectivity index (χ0v) is 10.4. The highest BCUT2D eigenvalue weighted by Crippen LogP contribution is 2.12. The lowest BCUT2D eigenvalue weighted by molar-refractivity contribution is 0.312. The second kappa shape index (κ2) is 5.75. The third-order valence-corrected chi connectivity index (χ3v) is 3.91. The lowest BCUT2D eigenvalue weighted by atomic mass is 10.3. The van der Waals surface area contributed by atoms with Gasteiger partial charge in [-0.1, -0.05) is 11.8 Å². The van der Waals surface area contributed by atoms with Crippen LogP contribution in [0.2, 0.25) is 0 Å². The van der Waals surface area contributed by atoms with E-state index >= 15 is 0 Å². The van der Waals surface area contributed by atoms with Gasteiger partial charge in [0.2, 0.25) is 0 Å². The van der Waals surface area contributed by atoms with Gasteiger partial charge in [-0.25, -0.2) is 0 Å². The Morgan fingerprint density at radius 1 is 1.40 bits per heavy atom. The van der Waals surface area contributed by atoms with Gasteiger partial charge in [-0.2, -0.15) is 0 Å². The van der Waals surface area contributed by atoms with Gasteiger partial charge in [-0.15, -0.1) is 0 Å². The Morgan fingerprint density at radius 3 is 2.87 bits per heavy atom. The number of amidine groups is 1. The van der Waals surface area contributed by atoms with Crippen LogP contribution in [0.25, 0.3) is 0 Å². The third-order valence-electron chi connectivity index (χ3n) is 2.90. The largest absolute Gasteiger partial charge is 0.361 e. The molecule has 1 atom stereocenters. The number of nitrogens with one attached hydrogen (secondary N) is 1. The van der Waals surface area contributed by atoms with E-state index in [4.69, 9.17) is 0 Å². The van der Waals surface area contributed by atoms with E-state index in [0.29, 0.717) is 6.04 Å². The Labute approximate surface area is 96.7 Å². The van der Waals surface area contributed by atoms with Crippen molar-refractivity contribution in [1.82, 2.24) is 10.2 Å². The number of thioether (sulfide) groups is 1. The molecule has 1 saturated heterocycles. The minimum Gasteiger partial charge on any atom is -0.361 e. The van der Waals surface area contributed by atoms with Gasteiger partial charge in [-0.05, 0) is 39.3 Å². The molecule has 2 aliphatic heterocycles. The fourth-order valence-corrected chi connectivity index (χ4v) is 3.09. The number of hydrogen-bond donors (Lipinski definition) is 1. The van der Waals surface area contributed by atoms with E-state index in [1.54, 1.807) is 0 Å². The van der Waals surface area contributed by atoms with Gasteiger partial charge in [0.1, 0.15) is 0 Å². The quantitative estimate of drug-likeness (QED) is 0.793. The van der Waals surface area contributed by atoms with Crippen molar-refractivity contribution in [2.24, 2.45) is 4.99 Å². The molecule has 3 nitrogen and oxygen atoms in total. The maximum absolute atomic E-state index is 4.49. The fraction of sp³-hybridized carbons (Fsp3) is 0.909. The van der Waals surface area contributed by atoms with Crippen molar-refractivity contribution in [1.29, 1.82) is 0 Å². The van der Waals surface area contributed by atoms with Gasteiger partial charge in [0.25, 0.3) is 0 Å². The van der Waals surface area contributed by atoms with E-state index in [0.717, 1.165) is 11.7 Å². The van der Waals surface area contributed by atoms with Crippen LogP contribution in [0.5, 0.6) is 0 Å². The molecule has 0 spiro atoms. The lowest BCUT2D eigenvalue weighted by Gasteiger charge is -2.23. The van der Waals surface area contributed by atoms with Crippen molar-refractivity contribution < 1.29 is 0 Å². The van der Waals surface area contributed by atoms with Gasteiger partial charge in [-0.3, -0.25) is 4.99 Å². The van der Waals surface area contributed by atoms with Crippen LogP contribution < -0.4 is 5.32 Å². The first-order chi connectivity index (χ1) is 7.34. The molecular weight excluding hydrogens is 206 g/mol. The molecule has 0 aromatic carbocycles. The Kier molecular flexibility index (Phi) is 4.32. The molecule has 0 radical (unpaired) electrons. The van der Waals surface area contributed by atoms with E-state index in [1.165, 1.54) is 44.6 Å². The molecule has 2 rings (SSSR count). The van der Waals surface area contributed by atoms with E-state index < -0.39 is 0 Å². The van der Waals surface area contributed by atoms with Crippen molar-refractivity contribution in [2.45, 2.75) is 32.2 Å². The molecule has 0 aromatic heterocycles. The average Bonchev–Trinajstić information content (AvgIpc) is 2.71. The Morgan fingerprint density at radius 2 is 2.20 bits per heavy atom. The maximum atomic E-state index is 4.49. The predicted octanol–water partition coefficient (Wildman–Crippen LogP) is 1.55. The van der Waals surface area contributed by atoms with E-state index in [1.807, 2.05) is 11.8 Å². The van der Waals surface area contributed by atoms with E-state index in [9.17, 15) is 0 Å². The lowest BCUT2D eigenvalue weighted by Crippen LogP contribution is -2.40. The summed E-state index contributed by atoms with van der Waals surface area (Å²) in [6, 6.07) is 0.535. The Hall–Kier alpha value is -0.220. The van der Waals surface area contributed by atoms with Crippen LogP contribution in [-0.4, -0.2) is 48.0 Å². The highest BCUT2D eigenvalue weighted by Gasteiger charge is 2.15. The molecule has 0 bridgehead atoms. The van der Waals surface area contributed by atoms with Crippen molar-refractivity contribution in [3.8, 4) is 0 Å². The van der Waals surface area contributed by atoms with Crippen LogP contribution in [0.4, 0.5) is 0 Å². The van der Waals surface area contributed by atoms with Crippen LogP contribution in [-0.2, 0) is 0 Å². The van der Waals surface area contributed by atoms with Crippen molar-refractivity contribution in [2.75, 3.05) is 31.9 Å². The smallest absolute Gasteiger partial charge is 0.156 e. The molecule has 2 aliphatic rings. The highest BCUT2D eigenvalue weighted by molar-refractivity contribution is 8.13. The van der Waals surface area contributed by atoms with Gasteiger partial charge >= 0.3 is 0 Å². The second-order valence-corrected chi connectivity index (χ2v) is 5.53. The summed E-state index contributed by atoms with van der Waals surface area (Å²) in [6.07, 6.45) is 3.99. The monoisotopic (exact) mass is 227 g/mol. The predicted molar refractivity (Wildman–Crippen MR) is 67.6 cm³/mol. The summed E-state index contributed by atoms with van der Waals surface area (Å²) < 4.78 is 0. The Bertz CT molecular complexity index is 224. The number of nitrogens with zero attached hydrogens (tertiary/aromatic N) is 2. The molecule has 0 aliphatic carbocycles. The summed E-state index contributed by atoms with van der Waals surface area (Å²) in [5, 5.41) is 4.68. The molecule has 4 heteroatoms. The van der Waals surface area contributed by atoms with Gasteiger partial charge in [0.15, 0.2) is 5.17 Å². The molecule has 0 aromatic rings. The summed E-state index contributed by atoms with van der Waals surface area (Å²) in [7, 11) is 0. The third kappa shape index (κ3) is 3.68. The number of hydrogen-bond acceptors (Lipinski definition) is 4. The highest BCUT2D eigenvalue weighted by atomic mass is 32.2. The van der Waals surface area contributed by atoms with Crippen LogP contribution in [0.15, 0.2) is 4.99 Å². The van der Waals surface area contributed by atoms with Gasteiger partial charge in [0, 0.05) is 24.9 Å². The standard InChI is InChI=1S/C11H21N3S/c1-10(9-14-6-2-3-7-14)13-11-12-5-4-8-15-11/h10H,2-9H2,1H3,(H,12,13).